The number of rotatable bonds is 9. The van der Waals surface area contributed by atoms with Crippen molar-refractivity contribution in [3.63, 3.8) is 0 Å². The number of methoxy groups -OCH3 is 1. The molecule has 0 saturated heterocycles. The monoisotopic (exact) mass is 585 g/mol. The van der Waals surface area contributed by atoms with Crippen molar-refractivity contribution in [2.75, 3.05) is 13.7 Å². The maximum Gasteiger partial charge on any atom is 0.338 e. The van der Waals surface area contributed by atoms with Crippen molar-refractivity contribution in [2.45, 2.75) is 26.5 Å². The van der Waals surface area contributed by atoms with Crippen LogP contribution in [0.3, 0.4) is 0 Å². The summed E-state index contributed by atoms with van der Waals surface area (Å²) in [7, 11) is 1.39. The van der Waals surface area contributed by atoms with Crippen LogP contribution in [0.25, 0.3) is 6.08 Å². The number of fused-ring (bicyclic) bond motifs is 1. The van der Waals surface area contributed by atoms with Gasteiger partial charge in [0.15, 0.2) is 10.6 Å². The number of esters is 1. The van der Waals surface area contributed by atoms with Crippen molar-refractivity contribution >= 4 is 29.1 Å². The number of nitro benzene ring substituents is 1. The van der Waals surface area contributed by atoms with Crippen LogP contribution in [0.1, 0.15) is 36.6 Å². The number of aromatic nitrogens is 1. The quantitative estimate of drug-likeness (QED) is 0.163. The van der Waals surface area contributed by atoms with Gasteiger partial charge in [-0.25, -0.2) is 9.79 Å². The molecular weight excluding hydrogens is 558 g/mol. The number of nitro groups is 1. The molecule has 0 bridgehead atoms. The lowest BCUT2D eigenvalue weighted by Gasteiger charge is -2.24. The number of allylic oxidation sites excluding steroid dienone is 1. The molecule has 42 heavy (non-hydrogen) atoms. The molecule has 3 aromatic carbocycles. The largest absolute Gasteiger partial charge is 0.493 e. The van der Waals surface area contributed by atoms with Crippen LogP contribution in [0.5, 0.6) is 11.5 Å². The first-order valence-corrected chi connectivity index (χ1v) is 13.9. The van der Waals surface area contributed by atoms with Gasteiger partial charge in [0.2, 0.25) is 5.75 Å². The highest BCUT2D eigenvalue weighted by molar-refractivity contribution is 7.07. The minimum Gasteiger partial charge on any atom is -0.493 e. The third-order valence-corrected chi connectivity index (χ3v) is 7.61. The summed E-state index contributed by atoms with van der Waals surface area (Å²) in [5.74, 6) is -0.404. The topological polar surface area (TPSA) is 122 Å². The molecule has 0 N–H and O–H groups in total. The number of carbonyl (C=O) groups is 1. The minimum atomic E-state index is -0.749. The van der Waals surface area contributed by atoms with Crippen molar-refractivity contribution < 1.29 is 23.9 Å². The zero-order chi connectivity index (χ0) is 29.8. The van der Waals surface area contributed by atoms with E-state index in [-0.39, 0.29) is 40.5 Å². The Balaban J connectivity index is 1.62. The molecule has 1 atom stereocenters. The Morgan fingerprint density at radius 3 is 2.45 bits per heavy atom. The number of hydrogen-bond donors (Lipinski definition) is 0. The van der Waals surface area contributed by atoms with Gasteiger partial charge in [0.05, 0.1) is 40.5 Å². The van der Waals surface area contributed by atoms with E-state index >= 15 is 0 Å². The van der Waals surface area contributed by atoms with Crippen molar-refractivity contribution in [1.82, 2.24) is 4.57 Å². The first kappa shape index (κ1) is 28.5. The summed E-state index contributed by atoms with van der Waals surface area (Å²) in [6.07, 6.45) is 1.55. The molecule has 5 rings (SSSR count). The van der Waals surface area contributed by atoms with Crippen LogP contribution < -0.4 is 24.4 Å². The molecule has 1 aliphatic rings. The predicted molar refractivity (Wildman–Crippen MR) is 157 cm³/mol. The third-order valence-electron chi connectivity index (χ3n) is 6.63. The van der Waals surface area contributed by atoms with E-state index in [1.807, 2.05) is 60.7 Å². The molecule has 2 heterocycles. The minimum absolute atomic E-state index is 0.0104. The summed E-state index contributed by atoms with van der Waals surface area (Å²) < 4.78 is 18.3. The number of thiazole rings is 1. The van der Waals surface area contributed by atoms with Gasteiger partial charge in [-0.1, -0.05) is 72.0 Å². The molecule has 214 valence electrons. The van der Waals surface area contributed by atoms with Gasteiger partial charge < -0.3 is 14.2 Å². The van der Waals surface area contributed by atoms with Crippen molar-refractivity contribution in [3.8, 4) is 11.5 Å². The highest BCUT2D eigenvalue weighted by Crippen LogP contribution is 2.39. The molecule has 0 saturated carbocycles. The molecule has 0 radical (unpaired) electrons. The summed E-state index contributed by atoms with van der Waals surface area (Å²) in [6.45, 7) is 3.71. The Hall–Kier alpha value is -5.03. The first-order chi connectivity index (χ1) is 20.3. The molecule has 11 heteroatoms. The summed E-state index contributed by atoms with van der Waals surface area (Å²) in [4.78, 5) is 43.3. The molecule has 4 aromatic rings. The van der Waals surface area contributed by atoms with Crippen LogP contribution >= 0.6 is 11.3 Å². The van der Waals surface area contributed by atoms with Gasteiger partial charge in [0.1, 0.15) is 6.61 Å². The molecule has 10 nitrogen and oxygen atoms in total. The summed E-state index contributed by atoms with van der Waals surface area (Å²) >= 11 is 1.13. The normalized spacial score (nSPS) is 14.6. The molecule has 0 amide bonds. The zero-order valence-electron chi connectivity index (χ0n) is 23.1. The number of hydrogen-bond acceptors (Lipinski definition) is 9. The van der Waals surface area contributed by atoms with E-state index in [0.717, 1.165) is 22.5 Å². The second-order valence-corrected chi connectivity index (χ2v) is 10.3. The molecule has 1 aromatic heterocycles. The molecule has 0 spiro atoms. The Morgan fingerprint density at radius 1 is 1.12 bits per heavy atom. The van der Waals surface area contributed by atoms with E-state index in [4.69, 9.17) is 14.2 Å². The highest BCUT2D eigenvalue weighted by Gasteiger charge is 2.33. The summed E-state index contributed by atoms with van der Waals surface area (Å²) in [6, 6.07) is 20.6. The Labute approximate surface area is 244 Å². The molecular formula is C31H27N3O7S. The Bertz CT molecular complexity index is 1860. The van der Waals surface area contributed by atoms with E-state index in [2.05, 4.69) is 4.99 Å². The van der Waals surface area contributed by atoms with Gasteiger partial charge in [-0.3, -0.25) is 19.5 Å². The predicted octanol–water partition coefficient (Wildman–Crippen LogP) is 4.29. The van der Waals surface area contributed by atoms with Crippen molar-refractivity contribution in [2.24, 2.45) is 4.99 Å². The van der Waals surface area contributed by atoms with Crippen LogP contribution in [0, 0.1) is 10.1 Å². The van der Waals surface area contributed by atoms with Crippen LogP contribution in [0.2, 0.25) is 0 Å². The average Bonchev–Trinajstić information content (AvgIpc) is 3.29. The fourth-order valence-electron chi connectivity index (χ4n) is 4.75. The summed E-state index contributed by atoms with van der Waals surface area (Å²) in [5, 5.41) is 12.0. The Kier molecular flexibility index (Phi) is 8.30. The zero-order valence-corrected chi connectivity index (χ0v) is 23.9. The van der Waals surface area contributed by atoms with E-state index in [1.165, 1.54) is 17.7 Å². The van der Waals surface area contributed by atoms with Gasteiger partial charge in [0.25, 0.3) is 5.56 Å². The van der Waals surface area contributed by atoms with E-state index in [0.29, 0.717) is 16.1 Å². The fourth-order valence-corrected chi connectivity index (χ4v) is 5.79. The average molecular weight is 586 g/mol. The number of benzene rings is 3. The smallest absolute Gasteiger partial charge is 0.338 e. The van der Waals surface area contributed by atoms with Gasteiger partial charge in [-0.2, -0.15) is 0 Å². The number of ether oxygens (including phenoxy) is 3. The first-order valence-electron chi connectivity index (χ1n) is 13.1. The second-order valence-electron chi connectivity index (χ2n) is 9.32. The lowest BCUT2D eigenvalue weighted by Crippen LogP contribution is -2.39. The lowest BCUT2D eigenvalue weighted by atomic mass is 9.96. The molecule has 0 fully saturated rings. The van der Waals surface area contributed by atoms with Crippen LogP contribution in [0.4, 0.5) is 5.69 Å². The van der Waals surface area contributed by atoms with Gasteiger partial charge in [-0.15, -0.1) is 0 Å². The molecule has 1 unspecified atom stereocenters. The summed E-state index contributed by atoms with van der Waals surface area (Å²) in [5.41, 5.74) is 1.96. The standard InChI is InChI=1S/C31H27N3O7S/c1-4-40-30(36)26-19(2)32-31-33(27(26)22-13-9-6-10-14-22)29(35)25(42-31)17-21-15-23(34(37)38)28(24(16-21)39-3)41-18-20-11-7-5-8-12-20/h5-17,27H,4,18H2,1-3H3/b25-17+. The number of carbonyl (C=O) groups excluding carboxylic acids is 1. The third kappa shape index (κ3) is 5.59. The SMILES string of the molecule is CCOC(=O)C1=C(C)N=c2s/c(=C/c3cc(OC)c(OCc4ccccc4)c([N+](=O)[O-])c3)c(=O)n2C1c1ccccc1. The maximum atomic E-state index is 13.9. The van der Waals surface area contributed by atoms with Crippen LogP contribution in [-0.4, -0.2) is 29.2 Å². The maximum absolute atomic E-state index is 13.9. The number of nitrogens with zero attached hydrogens (tertiary/aromatic N) is 3. The molecule has 0 aliphatic carbocycles. The van der Waals surface area contributed by atoms with Gasteiger partial charge >= 0.3 is 11.7 Å². The van der Waals surface area contributed by atoms with E-state index < -0.39 is 22.5 Å². The lowest BCUT2D eigenvalue weighted by molar-refractivity contribution is -0.386. The fraction of sp³-hybridized carbons (Fsp3) is 0.194. The van der Waals surface area contributed by atoms with Crippen molar-refractivity contribution in [1.29, 1.82) is 0 Å². The van der Waals surface area contributed by atoms with Crippen molar-refractivity contribution in [3.05, 3.63) is 131 Å². The van der Waals surface area contributed by atoms with Gasteiger partial charge in [-0.05, 0) is 42.7 Å². The second kappa shape index (κ2) is 12.2. The van der Waals surface area contributed by atoms with Crippen LogP contribution in [0.15, 0.2) is 93.9 Å². The van der Waals surface area contributed by atoms with E-state index in [1.54, 1.807) is 26.0 Å². The highest BCUT2D eigenvalue weighted by atomic mass is 32.1. The van der Waals surface area contributed by atoms with E-state index in [9.17, 15) is 19.7 Å². The van der Waals surface area contributed by atoms with Gasteiger partial charge in [0, 0.05) is 6.07 Å². The Morgan fingerprint density at radius 2 is 1.81 bits per heavy atom. The van der Waals surface area contributed by atoms with Crippen LogP contribution in [-0.2, 0) is 16.1 Å². The molecule has 1 aliphatic heterocycles.